The third-order valence-corrected chi connectivity index (χ3v) is 11.4. The molecule has 2 heterocycles. The molecule has 0 radical (unpaired) electrons. The SMILES string of the molecule is CCCCCOc1ccc(-c2cc(C)c(C(=O)N[C@@H](CCN)C(=O)N(C)[C@@H]3C(=O)N[C@@H](C)C(=O)N[C@H](C(=O)NCC#N)Cc4ccc(OCCN)c(c4)-c4cc3ccc4OCCN)c(C)n2)cc1. The van der Waals surface area contributed by atoms with Crippen molar-refractivity contribution in [3.63, 3.8) is 0 Å². The first-order chi connectivity index (χ1) is 32.7. The maximum Gasteiger partial charge on any atom is 0.254 e. The van der Waals surface area contributed by atoms with Gasteiger partial charge in [-0.05, 0) is 111 Å². The molecule has 4 atom stereocenters. The molecule has 4 bridgehead atoms. The van der Waals surface area contributed by atoms with Gasteiger partial charge in [-0.15, -0.1) is 0 Å². The highest BCUT2D eigenvalue weighted by Gasteiger charge is 2.36. The first kappa shape index (κ1) is 51.9. The number of nitrogens with two attached hydrogens (primary N) is 3. The largest absolute Gasteiger partial charge is 0.494 e. The van der Waals surface area contributed by atoms with Gasteiger partial charge in [-0.2, -0.15) is 5.26 Å². The summed E-state index contributed by atoms with van der Waals surface area (Å²) in [5.74, 6) is -1.74. The van der Waals surface area contributed by atoms with Crippen molar-refractivity contribution in [1.29, 1.82) is 5.26 Å². The molecular weight excluding hydrogens is 869 g/mol. The molecule has 0 saturated carbocycles. The average molecular weight is 933 g/mol. The number of amides is 5. The minimum atomic E-state index is -1.40. The molecule has 4 aromatic rings. The lowest BCUT2D eigenvalue weighted by Gasteiger charge is -2.32. The van der Waals surface area contributed by atoms with E-state index in [9.17, 15) is 29.2 Å². The van der Waals surface area contributed by atoms with Gasteiger partial charge in [-0.3, -0.25) is 29.0 Å². The second-order valence-electron chi connectivity index (χ2n) is 16.6. The molecular formula is C50H64N10O8. The molecule has 18 heteroatoms. The summed E-state index contributed by atoms with van der Waals surface area (Å²) < 4.78 is 18.1. The van der Waals surface area contributed by atoms with Crippen molar-refractivity contribution in [2.45, 2.75) is 84.0 Å². The summed E-state index contributed by atoms with van der Waals surface area (Å²) >= 11 is 0. The number of ether oxygens (including phenoxy) is 3. The first-order valence-electron chi connectivity index (χ1n) is 22.9. The van der Waals surface area contributed by atoms with Gasteiger partial charge in [0.25, 0.3) is 5.91 Å². The van der Waals surface area contributed by atoms with E-state index >= 15 is 0 Å². The van der Waals surface area contributed by atoms with Crippen LogP contribution < -0.4 is 52.7 Å². The zero-order valence-corrected chi connectivity index (χ0v) is 39.5. The Hall–Kier alpha value is -7.07. The highest BCUT2D eigenvalue weighted by Crippen LogP contribution is 2.40. The third-order valence-electron chi connectivity index (χ3n) is 11.4. The van der Waals surface area contributed by atoms with E-state index in [0.29, 0.717) is 57.3 Å². The van der Waals surface area contributed by atoms with E-state index in [2.05, 4.69) is 28.2 Å². The fraction of sp³-hybridized carbons (Fsp3) is 0.420. The Morgan fingerprint density at radius 2 is 1.54 bits per heavy atom. The minimum absolute atomic E-state index is 0.00280. The van der Waals surface area contributed by atoms with Crippen LogP contribution in [0, 0.1) is 25.2 Å². The summed E-state index contributed by atoms with van der Waals surface area (Å²) in [6, 6.07) is 16.5. The van der Waals surface area contributed by atoms with Crippen LogP contribution in [0.25, 0.3) is 22.4 Å². The van der Waals surface area contributed by atoms with Crippen LogP contribution in [-0.4, -0.2) is 111 Å². The zero-order chi connectivity index (χ0) is 49.3. The highest BCUT2D eigenvalue weighted by atomic mass is 16.5. The Morgan fingerprint density at radius 3 is 2.18 bits per heavy atom. The summed E-state index contributed by atoms with van der Waals surface area (Å²) in [5, 5.41) is 20.0. The lowest BCUT2D eigenvalue weighted by molar-refractivity contribution is -0.141. The van der Waals surface area contributed by atoms with Crippen molar-refractivity contribution < 1.29 is 38.2 Å². The third kappa shape index (κ3) is 13.3. The van der Waals surface area contributed by atoms with E-state index in [-0.39, 0.29) is 57.8 Å². The van der Waals surface area contributed by atoms with Crippen molar-refractivity contribution >= 4 is 29.5 Å². The normalized spacial score (nSPS) is 16.2. The Balaban J connectivity index is 1.53. The number of nitrogens with zero attached hydrogens (tertiary/aromatic N) is 3. The van der Waals surface area contributed by atoms with Crippen LogP contribution in [-0.2, 0) is 25.6 Å². The van der Waals surface area contributed by atoms with Gasteiger partial charge in [0.2, 0.25) is 23.6 Å². The Bertz CT molecular complexity index is 2430. The smallest absolute Gasteiger partial charge is 0.254 e. The van der Waals surface area contributed by atoms with E-state index in [1.165, 1.54) is 18.9 Å². The Kier molecular flexibility index (Phi) is 19.2. The Labute approximate surface area is 397 Å². The van der Waals surface area contributed by atoms with Gasteiger partial charge in [0, 0.05) is 43.2 Å². The number of pyridine rings is 1. The Morgan fingerprint density at radius 1 is 0.868 bits per heavy atom. The molecule has 362 valence electrons. The number of nitrogens with one attached hydrogen (secondary N) is 4. The topological polar surface area (TPSA) is 279 Å². The van der Waals surface area contributed by atoms with Crippen molar-refractivity contribution in [2.24, 2.45) is 17.2 Å². The standard InChI is InChI=1S/C50H64N10O8/c1-6-7-8-23-66-36-13-10-34(11-14-36)40-26-30(2)44(31(3)56-40)48(63)58-39(17-18-51)50(65)60(5)45-35-12-16-43(68-25-21-54)38(29-35)37-27-33(9-15-42(37)67-24-20-53)28-41(47(62)55-22-19-52)59-46(61)32(4)57-49(45)64/h9-16,26-27,29,32,39,41,45H,6-8,17-18,20-25,28,51,53-54H2,1-5H3,(H,55,62)(H,57,64)(H,58,63)(H,59,61)/t32-,39-,41-,45-/m0/s1. The quantitative estimate of drug-likeness (QED) is 0.0496. The number of rotatable bonds is 20. The predicted molar refractivity (Wildman–Crippen MR) is 257 cm³/mol. The molecule has 18 nitrogen and oxygen atoms in total. The molecule has 0 spiro atoms. The fourth-order valence-corrected chi connectivity index (χ4v) is 7.95. The summed E-state index contributed by atoms with van der Waals surface area (Å²) in [4.78, 5) is 76.6. The monoisotopic (exact) mass is 932 g/mol. The number of fused-ring (bicyclic) bond motifs is 5. The minimum Gasteiger partial charge on any atom is -0.494 e. The van der Waals surface area contributed by atoms with Crippen LogP contribution in [0.1, 0.15) is 78.3 Å². The summed E-state index contributed by atoms with van der Waals surface area (Å²) in [5.41, 5.74) is 22.5. The maximum atomic E-state index is 14.8. The summed E-state index contributed by atoms with van der Waals surface area (Å²) in [7, 11) is 1.43. The molecule has 1 aliphatic heterocycles. The number of carbonyl (C=O) groups excluding carboxylic acids is 5. The molecule has 3 aromatic carbocycles. The molecule has 0 aliphatic carbocycles. The molecule has 1 aliphatic rings. The molecule has 0 fully saturated rings. The van der Waals surface area contributed by atoms with Gasteiger partial charge < -0.3 is 57.6 Å². The number of aromatic nitrogens is 1. The molecule has 5 amide bonds. The van der Waals surface area contributed by atoms with Crippen LogP contribution >= 0.6 is 0 Å². The lowest BCUT2D eigenvalue weighted by atomic mass is 9.93. The van der Waals surface area contributed by atoms with Gasteiger partial charge in [-0.1, -0.05) is 31.9 Å². The molecule has 1 aromatic heterocycles. The van der Waals surface area contributed by atoms with Crippen molar-refractivity contribution in [2.75, 3.05) is 53.0 Å². The maximum absolute atomic E-state index is 14.8. The average Bonchev–Trinajstić information content (AvgIpc) is 3.32. The number of nitriles is 1. The number of hydrogen-bond donors (Lipinski definition) is 7. The number of benzene rings is 3. The number of carbonyl (C=O) groups is 5. The second kappa shape index (κ2) is 25.2. The van der Waals surface area contributed by atoms with Crippen molar-refractivity contribution in [3.8, 4) is 45.7 Å². The van der Waals surface area contributed by atoms with Gasteiger partial charge in [0.15, 0.2) is 0 Å². The molecule has 10 N–H and O–H groups in total. The van der Waals surface area contributed by atoms with Gasteiger partial charge in [0.05, 0.1) is 29.6 Å². The van der Waals surface area contributed by atoms with Crippen molar-refractivity contribution in [1.82, 2.24) is 31.2 Å². The van der Waals surface area contributed by atoms with Crippen LogP contribution in [0.3, 0.4) is 0 Å². The molecule has 5 rings (SSSR count). The van der Waals surface area contributed by atoms with Gasteiger partial charge >= 0.3 is 0 Å². The van der Waals surface area contributed by atoms with Crippen molar-refractivity contribution in [3.05, 3.63) is 94.7 Å². The van der Waals surface area contributed by atoms with Gasteiger partial charge in [0.1, 0.15) is 61.2 Å². The number of likely N-dealkylation sites (N-methyl/N-ethyl adjacent to an activating group) is 1. The fourth-order valence-electron chi connectivity index (χ4n) is 7.95. The van der Waals surface area contributed by atoms with E-state index in [4.69, 9.17) is 36.4 Å². The van der Waals surface area contributed by atoms with E-state index < -0.39 is 53.7 Å². The van der Waals surface area contributed by atoms with E-state index in [1.54, 1.807) is 50.2 Å². The van der Waals surface area contributed by atoms with E-state index in [0.717, 1.165) is 30.6 Å². The summed E-state index contributed by atoms with van der Waals surface area (Å²) in [6.07, 6.45) is 3.19. The molecule has 0 saturated heterocycles. The molecule has 0 unspecified atom stereocenters. The van der Waals surface area contributed by atoms with Gasteiger partial charge in [-0.25, -0.2) is 0 Å². The predicted octanol–water partition coefficient (Wildman–Crippen LogP) is 3.11. The molecule has 68 heavy (non-hydrogen) atoms. The van der Waals surface area contributed by atoms with Crippen LogP contribution in [0.4, 0.5) is 0 Å². The van der Waals surface area contributed by atoms with Crippen LogP contribution in [0.5, 0.6) is 17.2 Å². The summed E-state index contributed by atoms with van der Waals surface area (Å²) in [6.45, 7) is 8.12. The number of unbranched alkanes of at least 4 members (excludes halogenated alkanes) is 2. The highest BCUT2D eigenvalue weighted by molar-refractivity contribution is 6.01. The van der Waals surface area contributed by atoms with Crippen LogP contribution in [0.2, 0.25) is 0 Å². The zero-order valence-electron chi connectivity index (χ0n) is 39.5. The number of hydrogen-bond acceptors (Lipinski definition) is 13. The second-order valence-corrected chi connectivity index (χ2v) is 16.6. The van der Waals surface area contributed by atoms with Crippen LogP contribution in [0.15, 0.2) is 66.7 Å². The van der Waals surface area contributed by atoms with E-state index in [1.807, 2.05) is 36.4 Å². The first-order valence-corrected chi connectivity index (χ1v) is 22.9. The number of aryl methyl sites for hydroxylation is 2. The lowest BCUT2D eigenvalue weighted by Crippen LogP contribution is -2.56.